The molecule has 0 spiro atoms. The minimum absolute atomic E-state index is 0.329. The topological polar surface area (TPSA) is 12.5 Å². The molecule has 0 saturated carbocycles. The highest BCUT2D eigenvalue weighted by Crippen LogP contribution is 2.44. The minimum Gasteiger partial charge on any atom is -0.269 e. The van der Waals surface area contributed by atoms with Gasteiger partial charge in [0.25, 0.3) is 0 Å². The van der Waals surface area contributed by atoms with Crippen molar-refractivity contribution in [3.8, 4) is 0 Å². The monoisotopic (exact) mass is 265 g/mol. The summed E-state index contributed by atoms with van der Waals surface area (Å²) in [4.78, 5) is 6.09. The molecule has 0 N–H and O–H groups in total. The number of nitrogens with zero attached hydrogens (tertiary/aromatic N) is 1. The third kappa shape index (κ3) is 1.83. The van der Waals surface area contributed by atoms with Gasteiger partial charge in [-0.1, -0.05) is 47.5 Å². The van der Waals surface area contributed by atoms with Crippen LogP contribution in [0.15, 0.2) is 42.5 Å². The van der Waals surface area contributed by atoms with Gasteiger partial charge in [-0.05, 0) is 31.0 Å². The second-order valence-corrected chi connectivity index (χ2v) is 6.05. The predicted molar refractivity (Wildman–Crippen MR) is 80.8 cm³/mol. The Kier molecular flexibility index (Phi) is 2.61. The Labute approximate surface area is 119 Å². The van der Waals surface area contributed by atoms with Crippen LogP contribution in [0.5, 0.6) is 0 Å². The summed E-state index contributed by atoms with van der Waals surface area (Å²) in [6.45, 7) is 4.29. The number of rotatable bonds is 1. The van der Waals surface area contributed by atoms with Gasteiger partial charge in [0, 0.05) is 12.8 Å². The first-order chi connectivity index (χ1) is 9.70. The Balaban J connectivity index is 1.75. The Morgan fingerprint density at radius 2 is 1.75 bits per heavy atom. The van der Waals surface area contributed by atoms with Crippen molar-refractivity contribution >= 4 is 5.69 Å². The lowest BCUT2D eigenvalue weighted by Crippen LogP contribution is -2.27. The van der Waals surface area contributed by atoms with Gasteiger partial charge in [-0.3, -0.25) is 4.84 Å². The average molecular weight is 265 g/mol. The quantitative estimate of drug-likeness (QED) is 0.769. The van der Waals surface area contributed by atoms with Crippen molar-refractivity contribution in [1.29, 1.82) is 0 Å². The van der Waals surface area contributed by atoms with Gasteiger partial charge in [0.2, 0.25) is 0 Å². The van der Waals surface area contributed by atoms with Crippen LogP contribution in [-0.2, 0) is 11.3 Å². The molecule has 2 aliphatic rings. The summed E-state index contributed by atoms with van der Waals surface area (Å²) in [5.41, 5.74) is 6.66. The minimum atomic E-state index is 0.329. The van der Waals surface area contributed by atoms with Crippen LogP contribution in [0.25, 0.3) is 0 Å². The third-order valence-corrected chi connectivity index (χ3v) is 4.41. The summed E-state index contributed by atoms with van der Waals surface area (Å²) in [6, 6.07) is 15.9. The molecule has 20 heavy (non-hydrogen) atoms. The summed E-state index contributed by atoms with van der Waals surface area (Å²) >= 11 is 0. The fraction of sp³-hybridized carbons (Fsp3) is 0.333. The fourth-order valence-corrected chi connectivity index (χ4v) is 3.37. The summed E-state index contributed by atoms with van der Waals surface area (Å²) in [5, 5.41) is 2.13. The predicted octanol–water partition coefficient (Wildman–Crippen LogP) is 4.11. The summed E-state index contributed by atoms with van der Waals surface area (Å²) < 4.78 is 0. The zero-order valence-corrected chi connectivity index (χ0v) is 12.0. The van der Waals surface area contributed by atoms with E-state index in [2.05, 4.69) is 61.4 Å². The van der Waals surface area contributed by atoms with Crippen LogP contribution in [0.3, 0.4) is 0 Å². The van der Waals surface area contributed by atoms with Gasteiger partial charge in [-0.2, -0.15) is 0 Å². The Morgan fingerprint density at radius 3 is 2.55 bits per heavy atom. The van der Waals surface area contributed by atoms with Gasteiger partial charge in [-0.15, -0.1) is 0 Å². The first-order valence-electron chi connectivity index (χ1n) is 7.33. The molecular formula is C18H19NO. The number of aryl methyl sites for hydroxylation is 2. The number of benzene rings is 2. The summed E-state index contributed by atoms with van der Waals surface area (Å²) in [7, 11) is 0. The molecule has 0 aromatic heterocycles. The van der Waals surface area contributed by atoms with Crippen molar-refractivity contribution in [2.45, 2.75) is 38.8 Å². The van der Waals surface area contributed by atoms with E-state index in [0.717, 1.165) is 12.8 Å². The maximum atomic E-state index is 6.09. The molecule has 2 aromatic carbocycles. The maximum absolute atomic E-state index is 6.09. The molecule has 2 aliphatic heterocycles. The van der Waals surface area contributed by atoms with Crippen molar-refractivity contribution in [1.82, 2.24) is 0 Å². The number of hydroxylamine groups is 1. The first-order valence-corrected chi connectivity index (χ1v) is 7.33. The molecule has 0 amide bonds. The standard InChI is InChI=1S/C18H19NO/c1-12-3-6-14(7-4-12)18-11-16-10-15-9-13(2)5-8-17(15)19(18)20-16/h3-9,16,18H,10-11H2,1-2H3/t16?,18-/m1/s1. The molecule has 2 nitrogen and oxygen atoms in total. The SMILES string of the molecule is Cc1ccc([C@H]2CC3Cc4cc(C)ccc4N2O3)cc1. The normalized spacial score (nSPS) is 23.8. The van der Waals surface area contributed by atoms with E-state index in [1.165, 1.54) is 27.9 Å². The second-order valence-electron chi connectivity index (χ2n) is 6.05. The molecule has 102 valence electrons. The fourth-order valence-electron chi connectivity index (χ4n) is 3.37. The van der Waals surface area contributed by atoms with Crippen LogP contribution in [-0.4, -0.2) is 6.10 Å². The average Bonchev–Trinajstić information content (AvgIpc) is 2.78. The molecule has 4 rings (SSSR count). The zero-order chi connectivity index (χ0) is 13.7. The van der Waals surface area contributed by atoms with E-state index in [1.54, 1.807) is 0 Å². The Hall–Kier alpha value is -1.80. The van der Waals surface area contributed by atoms with Crippen molar-refractivity contribution in [3.05, 3.63) is 64.7 Å². The van der Waals surface area contributed by atoms with Gasteiger partial charge in [0.1, 0.15) is 0 Å². The molecule has 2 bridgehead atoms. The Bertz CT molecular complexity index is 647. The van der Waals surface area contributed by atoms with E-state index < -0.39 is 0 Å². The van der Waals surface area contributed by atoms with E-state index in [9.17, 15) is 0 Å². The molecule has 0 aliphatic carbocycles. The van der Waals surface area contributed by atoms with E-state index in [4.69, 9.17) is 4.84 Å². The van der Waals surface area contributed by atoms with E-state index in [0.29, 0.717) is 12.1 Å². The molecule has 2 aromatic rings. The lowest BCUT2D eigenvalue weighted by Gasteiger charge is -2.30. The maximum Gasteiger partial charge on any atom is 0.0921 e. The lowest BCUT2D eigenvalue weighted by atomic mass is 9.99. The van der Waals surface area contributed by atoms with Crippen molar-refractivity contribution in [3.63, 3.8) is 0 Å². The molecule has 2 heterocycles. The van der Waals surface area contributed by atoms with E-state index in [1.807, 2.05) is 0 Å². The number of hydrogen-bond acceptors (Lipinski definition) is 2. The van der Waals surface area contributed by atoms with Crippen LogP contribution in [0.4, 0.5) is 5.69 Å². The van der Waals surface area contributed by atoms with Crippen LogP contribution in [0.2, 0.25) is 0 Å². The van der Waals surface area contributed by atoms with Gasteiger partial charge in [0.05, 0.1) is 17.8 Å². The number of hydrogen-bond donors (Lipinski definition) is 0. The molecule has 1 saturated heterocycles. The number of fused-ring (bicyclic) bond motifs is 4. The summed E-state index contributed by atoms with van der Waals surface area (Å²) in [6.07, 6.45) is 2.45. The van der Waals surface area contributed by atoms with Crippen LogP contribution < -0.4 is 5.06 Å². The Morgan fingerprint density at radius 1 is 1.00 bits per heavy atom. The van der Waals surface area contributed by atoms with Gasteiger partial charge < -0.3 is 0 Å². The molecule has 1 unspecified atom stereocenters. The van der Waals surface area contributed by atoms with Gasteiger partial charge >= 0.3 is 0 Å². The highest BCUT2D eigenvalue weighted by atomic mass is 16.7. The van der Waals surface area contributed by atoms with Crippen LogP contribution in [0, 0.1) is 13.8 Å². The van der Waals surface area contributed by atoms with Crippen molar-refractivity contribution < 1.29 is 4.84 Å². The van der Waals surface area contributed by atoms with Crippen LogP contribution in [0.1, 0.15) is 34.7 Å². The largest absolute Gasteiger partial charge is 0.269 e. The van der Waals surface area contributed by atoms with E-state index in [-0.39, 0.29) is 0 Å². The molecule has 1 fully saturated rings. The second kappa shape index (κ2) is 4.35. The highest BCUT2D eigenvalue weighted by molar-refractivity contribution is 5.57. The first kappa shape index (κ1) is 12.0. The zero-order valence-electron chi connectivity index (χ0n) is 12.0. The molecular weight excluding hydrogens is 246 g/mol. The number of anilines is 1. The lowest BCUT2D eigenvalue weighted by molar-refractivity contribution is 0.0734. The van der Waals surface area contributed by atoms with Gasteiger partial charge in [0.15, 0.2) is 0 Å². The summed E-state index contributed by atoms with van der Waals surface area (Å²) in [5.74, 6) is 0. The van der Waals surface area contributed by atoms with Crippen molar-refractivity contribution in [2.75, 3.05) is 5.06 Å². The van der Waals surface area contributed by atoms with Crippen molar-refractivity contribution in [2.24, 2.45) is 0 Å². The van der Waals surface area contributed by atoms with E-state index >= 15 is 0 Å². The van der Waals surface area contributed by atoms with Gasteiger partial charge in [-0.25, -0.2) is 5.06 Å². The third-order valence-electron chi connectivity index (χ3n) is 4.41. The smallest absolute Gasteiger partial charge is 0.0921 e. The highest BCUT2D eigenvalue weighted by Gasteiger charge is 2.39. The molecule has 2 atom stereocenters. The van der Waals surface area contributed by atoms with Crippen LogP contribution >= 0.6 is 0 Å². The molecule has 2 heteroatoms. The molecule has 0 radical (unpaired) electrons.